The molecule has 0 radical (unpaired) electrons. The van der Waals surface area contributed by atoms with Crippen molar-refractivity contribution in [3.63, 3.8) is 0 Å². The Morgan fingerprint density at radius 1 is 1.10 bits per heavy atom. The quantitative estimate of drug-likeness (QED) is 0.301. The molecule has 3 heterocycles. The van der Waals surface area contributed by atoms with Crippen molar-refractivity contribution >= 4 is 11.2 Å². The van der Waals surface area contributed by atoms with E-state index in [-0.39, 0.29) is 0 Å². The smallest absolute Gasteiger partial charge is 0.178 e. The van der Waals surface area contributed by atoms with Crippen LogP contribution in [0, 0.1) is 0 Å². The molecule has 0 fully saturated rings. The Balaban J connectivity index is 1.86. The van der Waals surface area contributed by atoms with Crippen molar-refractivity contribution in [3.8, 4) is 34.2 Å². The highest BCUT2D eigenvalue weighted by Crippen LogP contribution is 2.34. The molecule has 0 aliphatic carbocycles. The summed E-state index contributed by atoms with van der Waals surface area (Å²) < 4.78 is 18.6. The van der Waals surface area contributed by atoms with Gasteiger partial charge in [-0.05, 0) is 49.2 Å². The molecule has 0 saturated heterocycles. The number of methoxy groups -OCH3 is 2. The largest absolute Gasteiger partial charge is 0.493 e. The highest BCUT2D eigenvalue weighted by atomic mass is 16.5. The molecule has 0 aliphatic heterocycles. The average molecular weight is 389 g/mol. The molecule has 6 nitrogen and oxygen atoms in total. The van der Waals surface area contributed by atoms with Crippen molar-refractivity contribution in [3.05, 3.63) is 61.5 Å². The SMILES string of the molecule is C=CCCCn1c(-c2ccc(OC)c(OC)c2)nc2ncc(-c3ccco3)cc21. The van der Waals surface area contributed by atoms with Gasteiger partial charge in [-0.15, -0.1) is 6.58 Å². The maximum absolute atomic E-state index is 5.54. The predicted molar refractivity (Wildman–Crippen MR) is 113 cm³/mol. The summed E-state index contributed by atoms with van der Waals surface area (Å²) in [4.78, 5) is 9.39. The molecule has 4 rings (SSSR count). The van der Waals surface area contributed by atoms with Crippen molar-refractivity contribution in [2.24, 2.45) is 0 Å². The van der Waals surface area contributed by atoms with Gasteiger partial charge >= 0.3 is 0 Å². The van der Waals surface area contributed by atoms with Gasteiger partial charge in [0, 0.05) is 23.9 Å². The summed E-state index contributed by atoms with van der Waals surface area (Å²) in [5.74, 6) is 2.97. The van der Waals surface area contributed by atoms with E-state index >= 15 is 0 Å². The summed E-state index contributed by atoms with van der Waals surface area (Å²) in [5.41, 5.74) is 3.53. The first-order chi connectivity index (χ1) is 14.2. The highest BCUT2D eigenvalue weighted by molar-refractivity contribution is 5.81. The van der Waals surface area contributed by atoms with Crippen molar-refractivity contribution < 1.29 is 13.9 Å². The number of fused-ring (bicyclic) bond motifs is 1. The second-order valence-electron chi connectivity index (χ2n) is 6.63. The molecule has 6 heteroatoms. The fourth-order valence-electron chi connectivity index (χ4n) is 3.40. The Bertz CT molecular complexity index is 1130. The molecule has 0 saturated carbocycles. The monoisotopic (exact) mass is 389 g/mol. The topological polar surface area (TPSA) is 62.3 Å². The number of allylic oxidation sites excluding steroid dienone is 1. The number of aromatic nitrogens is 3. The fraction of sp³-hybridized carbons (Fsp3) is 0.217. The highest BCUT2D eigenvalue weighted by Gasteiger charge is 2.17. The van der Waals surface area contributed by atoms with Crippen LogP contribution in [0.4, 0.5) is 0 Å². The minimum atomic E-state index is 0.666. The zero-order valence-electron chi connectivity index (χ0n) is 16.6. The lowest BCUT2D eigenvalue weighted by molar-refractivity contribution is 0.355. The second kappa shape index (κ2) is 8.22. The fourth-order valence-corrected chi connectivity index (χ4v) is 3.40. The Morgan fingerprint density at radius 2 is 1.97 bits per heavy atom. The summed E-state index contributed by atoms with van der Waals surface area (Å²) in [7, 11) is 3.26. The molecule has 4 aromatic rings. The van der Waals surface area contributed by atoms with Crippen LogP contribution in [0.1, 0.15) is 12.8 Å². The van der Waals surface area contributed by atoms with Crippen molar-refractivity contribution in [1.82, 2.24) is 14.5 Å². The number of hydrogen-bond donors (Lipinski definition) is 0. The molecule has 0 aliphatic rings. The normalized spacial score (nSPS) is 11.0. The number of aryl methyl sites for hydroxylation is 1. The zero-order chi connectivity index (χ0) is 20.2. The van der Waals surface area contributed by atoms with Crippen LogP contribution in [0.3, 0.4) is 0 Å². The third-order valence-corrected chi connectivity index (χ3v) is 4.84. The summed E-state index contributed by atoms with van der Waals surface area (Å²) in [6, 6.07) is 11.7. The minimum Gasteiger partial charge on any atom is -0.493 e. The molecule has 29 heavy (non-hydrogen) atoms. The molecule has 0 atom stereocenters. The third-order valence-electron chi connectivity index (χ3n) is 4.84. The van der Waals surface area contributed by atoms with E-state index in [9.17, 15) is 0 Å². The third kappa shape index (κ3) is 3.61. The van der Waals surface area contributed by atoms with Gasteiger partial charge in [-0.3, -0.25) is 0 Å². The van der Waals surface area contributed by atoms with E-state index in [0.29, 0.717) is 17.1 Å². The number of furan rings is 1. The maximum atomic E-state index is 5.54. The number of pyridine rings is 1. The van der Waals surface area contributed by atoms with E-state index in [2.05, 4.69) is 22.2 Å². The van der Waals surface area contributed by atoms with Crippen LogP contribution in [0.5, 0.6) is 11.5 Å². The standard InChI is InChI=1S/C23H23N3O3/c1-4-5-6-11-26-18-13-17(19-8-7-12-29-19)15-24-22(18)25-23(26)16-9-10-20(27-2)21(14-16)28-3/h4,7-10,12-15H,1,5-6,11H2,2-3H3. The van der Waals surface area contributed by atoms with Gasteiger partial charge < -0.3 is 18.5 Å². The second-order valence-corrected chi connectivity index (χ2v) is 6.63. The predicted octanol–water partition coefficient (Wildman–Crippen LogP) is 5.34. The number of ether oxygens (including phenoxy) is 2. The Hall–Kier alpha value is -3.54. The number of nitrogens with zero attached hydrogens (tertiary/aromatic N) is 3. The first kappa shape index (κ1) is 18.8. The molecule has 0 bridgehead atoms. The molecular weight excluding hydrogens is 366 g/mol. The van der Waals surface area contributed by atoms with Gasteiger partial charge in [0.1, 0.15) is 11.6 Å². The molecule has 0 spiro atoms. The van der Waals surface area contributed by atoms with Gasteiger partial charge in [-0.1, -0.05) is 6.08 Å². The lowest BCUT2D eigenvalue weighted by Crippen LogP contribution is -2.01. The lowest BCUT2D eigenvalue weighted by atomic mass is 10.1. The van der Waals surface area contributed by atoms with Gasteiger partial charge in [0.05, 0.1) is 26.0 Å². The number of rotatable bonds is 8. The Morgan fingerprint density at radius 3 is 2.69 bits per heavy atom. The first-order valence-electron chi connectivity index (χ1n) is 9.48. The minimum absolute atomic E-state index is 0.666. The number of imidazole rings is 1. The van der Waals surface area contributed by atoms with Crippen LogP contribution in [0.15, 0.2) is 65.9 Å². The lowest BCUT2D eigenvalue weighted by Gasteiger charge is -2.12. The van der Waals surface area contributed by atoms with Crippen LogP contribution in [-0.4, -0.2) is 28.8 Å². The van der Waals surface area contributed by atoms with Gasteiger partial charge in [0.25, 0.3) is 0 Å². The van der Waals surface area contributed by atoms with E-state index in [1.54, 1.807) is 26.7 Å². The summed E-state index contributed by atoms with van der Waals surface area (Å²) in [6.45, 7) is 4.63. The van der Waals surface area contributed by atoms with Crippen LogP contribution < -0.4 is 9.47 Å². The Labute approximate surface area is 169 Å². The molecular formula is C23H23N3O3. The summed E-state index contributed by atoms with van der Waals surface area (Å²) in [6.07, 6.45) is 7.27. The van der Waals surface area contributed by atoms with Gasteiger partial charge in [0.15, 0.2) is 17.1 Å². The maximum Gasteiger partial charge on any atom is 0.178 e. The van der Waals surface area contributed by atoms with Gasteiger partial charge in [0.2, 0.25) is 0 Å². The van der Waals surface area contributed by atoms with Crippen molar-refractivity contribution in [2.45, 2.75) is 19.4 Å². The van der Waals surface area contributed by atoms with E-state index in [4.69, 9.17) is 18.9 Å². The molecule has 0 N–H and O–H groups in total. The molecule has 0 unspecified atom stereocenters. The average Bonchev–Trinajstić information content (AvgIpc) is 3.41. The summed E-state index contributed by atoms with van der Waals surface area (Å²) >= 11 is 0. The van der Waals surface area contributed by atoms with Crippen LogP contribution >= 0.6 is 0 Å². The Kier molecular flexibility index (Phi) is 5.33. The summed E-state index contributed by atoms with van der Waals surface area (Å²) in [5, 5.41) is 0. The van der Waals surface area contributed by atoms with Crippen LogP contribution in [0.2, 0.25) is 0 Å². The van der Waals surface area contributed by atoms with Gasteiger partial charge in [-0.25, -0.2) is 9.97 Å². The number of benzene rings is 1. The van der Waals surface area contributed by atoms with E-state index < -0.39 is 0 Å². The first-order valence-corrected chi connectivity index (χ1v) is 9.48. The number of unbranched alkanes of at least 4 members (excludes halogenated alkanes) is 1. The van der Waals surface area contributed by atoms with E-state index in [1.807, 2.05) is 36.4 Å². The molecule has 1 aromatic carbocycles. The van der Waals surface area contributed by atoms with Crippen molar-refractivity contribution in [2.75, 3.05) is 14.2 Å². The van der Waals surface area contributed by atoms with Crippen LogP contribution in [-0.2, 0) is 6.54 Å². The van der Waals surface area contributed by atoms with Gasteiger partial charge in [-0.2, -0.15) is 0 Å². The molecule has 3 aromatic heterocycles. The number of hydrogen-bond acceptors (Lipinski definition) is 5. The molecule has 0 amide bonds. The van der Waals surface area contributed by atoms with E-state index in [0.717, 1.165) is 47.6 Å². The van der Waals surface area contributed by atoms with Crippen LogP contribution in [0.25, 0.3) is 33.9 Å². The van der Waals surface area contributed by atoms with Crippen molar-refractivity contribution in [1.29, 1.82) is 0 Å². The molecule has 148 valence electrons. The zero-order valence-corrected chi connectivity index (χ0v) is 16.6. The van der Waals surface area contributed by atoms with E-state index in [1.165, 1.54) is 0 Å².